The second-order valence-electron chi connectivity index (χ2n) is 5.81. The van der Waals surface area contributed by atoms with Crippen molar-refractivity contribution in [3.63, 3.8) is 0 Å². The van der Waals surface area contributed by atoms with Crippen molar-refractivity contribution in [2.75, 3.05) is 13.1 Å². The zero-order valence-corrected chi connectivity index (χ0v) is 12.2. The zero-order valence-electron chi connectivity index (χ0n) is 12.2. The highest BCUT2D eigenvalue weighted by atomic mass is 19.1. The molecule has 0 bridgehead atoms. The van der Waals surface area contributed by atoms with Crippen molar-refractivity contribution < 1.29 is 4.39 Å². The van der Waals surface area contributed by atoms with Crippen LogP contribution in [-0.4, -0.2) is 30.1 Å². The summed E-state index contributed by atoms with van der Waals surface area (Å²) in [6.45, 7) is 8.88. The Labute approximate surface area is 116 Å². The quantitative estimate of drug-likeness (QED) is 0.877. The van der Waals surface area contributed by atoms with Gasteiger partial charge in [0.05, 0.1) is 0 Å². The lowest BCUT2D eigenvalue weighted by molar-refractivity contribution is 0.149. The van der Waals surface area contributed by atoms with E-state index in [1.54, 1.807) is 12.1 Å². The number of hydrogen-bond acceptors (Lipinski definition) is 2. The topological polar surface area (TPSA) is 15.3 Å². The molecule has 1 saturated heterocycles. The zero-order chi connectivity index (χ0) is 13.8. The van der Waals surface area contributed by atoms with Crippen LogP contribution in [0, 0.1) is 5.82 Å². The molecule has 0 aromatic heterocycles. The number of hydrogen-bond donors (Lipinski definition) is 1. The molecular weight excluding hydrogens is 239 g/mol. The van der Waals surface area contributed by atoms with Gasteiger partial charge in [0.25, 0.3) is 0 Å². The highest BCUT2D eigenvalue weighted by Gasteiger charge is 2.24. The van der Waals surface area contributed by atoms with E-state index in [0.29, 0.717) is 18.1 Å². The first-order valence-corrected chi connectivity index (χ1v) is 7.32. The third kappa shape index (κ3) is 3.77. The highest BCUT2D eigenvalue weighted by molar-refractivity contribution is 5.19. The second kappa shape index (κ2) is 6.49. The normalized spacial score (nSPS) is 21.3. The van der Waals surface area contributed by atoms with Gasteiger partial charge in [-0.25, -0.2) is 4.39 Å². The molecule has 19 heavy (non-hydrogen) atoms. The van der Waals surface area contributed by atoms with Crippen LogP contribution in [0.5, 0.6) is 0 Å². The molecule has 1 fully saturated rings. The van der Waals surface area contributed by atoms with Gasteiger partial charge in [0.2, 0.25) is 0 Å². The fourth-order valence-electron chi connectivity index (χ4n) is 2.92. The van der Waals surface area contributed by atoms with Crippen LogP contribution in [0.1, 0.15) is 45.2 Å². The van der Waals surface area contributed by atoms with Crippen molar-refractivity contribution in [3.05, 3.63) is 35.6 Å². The summed E-state index contributed by atoms with van der Waals surface area (Å²) in [6, 6.07) is 8.32. The van der Waals surface area contributed by atoms with Crippen molar-refractivity contribution in [3.8, 4) is 0 Å². The van der Waals surface area contributed by atoms with Gasteiger partial charge in [0.15, 0.2) is 0 Å². The largest absolute Gasteiger partial charge is 0.313 e. The van der Waals surface area contributed by atoms with Crippen molar-refractivity contribution >= 4 is 0 Å². The number of nitrogens with zero attached hydrogens (tertiary/aromatic N) is 1. The van der Waals surface area contributed by atoms with Gasteiger partial charge >= 0.3 is 0 Å². The molecule has 2 atom stereocenters. The standard InChI is InChI=1S/C16H25FN2/c1-12(2)19(11-16-5-4-10-18-16)13(3)14-6-8-15(17)9-7-14/h6-9,12-13,16,18H,4-5,10-11H2,1-3H3. The molecule has 0 amide bonds. The smallest absolute Gasteiger partial charge is 0.123 e. The van der Waals surface area contributed by atoms with Crippen LogP contribution in [0.3, 0.4) is 0 Å². The first-order chi connectivity index (χ1) is 9.08. The van der Waals surface area contributed by atoms with Gasteiger partial charge in [0, 0.05) is 24.7 Å². The van der Waals surface area contributed by atoms with Crippen molar-refractivity contribution in [2.24, 2.45) is 0 Å². The van der Waals surface area contributed by atoms with E-state index in [4.69, 9.17) is 0 Å². The molecule has 2 rings (SSSR count). The van der Waals surface area contributed by atoms with Crippen molar-refractivity contribution in [2.45, 2.75) is 51.7 Å². The van der Waals surface area contributed by atoms with Gasteiger partial charge in [-0.1, -0.05) is 12.1 Å². The van der Waals surface area contributed by atoms with Gasteiger partial charge in [-0.3, -0.25) is 4.90 Å². The lowest BCUT2D eigenvalue weighted by Crippen LogP contribution is -2.42. The average molecular weight is 264 g/mol. The summed E-state index contributed by atoms with van der Waals surface area (Å²) in [5, 5.41) is 3.56. The summed E-state index contributed by atoms with van der Waals surface area (Å²) >= 11 is 0. The lowest BCUT2D eigenvalue weighted by atomic mass is 10.0. The molecule has 2 unspecified atom stereocenters. The predicted molar refractivity (Wildman–Crippen MR) is 77.7 cm³/mol. The van der Waals surface area contributed by atoms with Crippen LogP contribution in [0.15, 0.2) is 24.3 Å². The fraction of sp³-hybridized carbons (Fsp3) is 0.625. The van der Waals surface area contributed by atoms with Crippen LogP contribution >= 0.6 is 0 Å². The number of rotatable bonds is 5. The Morgan fingerprint density at radius 2 is 1.95 bits per heavy atom. The Morgan fingerprint density at radius 3 is 2.47 bits per heavy atom. The van der Waals surface area contributed by atoms with Crippen LogP contribution in [-0.2, 0) is 0 Å². The Morgan fingerprint density at radius 1 is 1.26 bits per heavy atom. The maximum atomic E-state index is 13.0. The lowest BCUT2D eigenvalue weighted by Gasteiger charge is -2.35. The minimum absolute atomic E-state index is 0.162. The second-order valence-corrected chi connectivity index (χ2v) is 5.81. The maximum absolute atomic E-state index is 13.0. The molecule has 1 aliphatic heterocycles. The van der Waals surface area contributed by atoms with Crippen LogP contribution in [0.25, 0.3) is 0 Å². The van der Waals surface area contributed by atoms with E-state index in [0.717, 1.165) is 13.1 Å². The highest BCUT2D eigenvalue weighted by Crippen LogP contribution is 2.24. The summed E-state index contributed by atoms with van der Waals surface area (Å²) < 4.78 is 13.0. The summed E-state index contributed by atoms with van der Waals surface area (Å²) in [5.41, 5.74) is 1.19. The first kappa shape index (κ1) is 14.5. The molecule has 0 aliphatic carbocycles. The first-order valence-electron chi connectivity index (χ1n) is 7.32. The third-order valence-corrected chi connectivity index (χ3v) is 4.11. The molecule has 1 aromatic carbocycles. The number of nitrogens with one attached hydrogen (secondary N) is 1. The van der Waals surface area contributed by atoms with E-state index in [-0.39, 0.29) is 5.82 Å². The summed E-state index contributed by atoms with van der Waals surface area (Å²) in [4.78, 5) is 2.50. The molecule has 1 heterocycles. The van der Waals surface area contributed by atoms with Crippen LogP contribution in [0.2, 0.25) is 0 Å². The molecular formula is C16H25FN2. The molecule has 0 radical (unpaired) electrons. The molecule has 106 valence electrons. The number of halogens is 1. The Hall–Kier alpha value is -0.930. The Balaban J connectivity index is 2.06. The molecule has 0 spiro atoms. The summed E-state index contributed by atoms with van der Waals surface area (Å²) in [6.07, 6.45) is 2.54. The van der Waals surface area contributed by atoms with E-state index >= 15 is 0 Å². The van der Waals surface area contributed by atoms with Crippen molar-refractivity contribution in [1.29, 1.82) is 0 Å². The Bertz CT molecular complexity index is 382. The fourth-order valence-corrected chi connectivity index (χ4v) is 2.92. The van der Waals surface area contributed by atoms with Crippen molar-refractivity contribution in [1.82, 2.24) is 10.2 Å². The molecule has 1 aromatic rings. The summed E-state index contributed by atoms with van der Waals surface area (Å²) in [7, 11) is 0. The predicted octanol–water partition coefficient (Wildman–Crippen LogP) is 3.35. The number of benzene rings is 1. The molecule has 1 N–H and O–H groups in total. The van der Waals surface area contributed by atoms with E-state index in [9.17, 15) is 4.39 Å². The van der Waals surface area contributed by atoms with E-state index in [2.05, 4.69) is 31.0 Å². The van der Waals surface area contributed by atoms with Gasteiger partial charge in [0.1, 0.15) is 5.82 Å². The summed E-state index contributed by atoms with van der Waals surface area (Å²) in [5.74, 6) is -0.162. The molecule has 3 heteroatoms. The minimum Gasteiger partial charge on any atom is -0.313 e. The van der Waals surface area contributed by atoms with Gasteiger partial charge in [-0.15, -0.1) is 0 Å². The minimum atomic E-state index is -0.162. The third-order valence-electron chi connectivity index (χ3n) is 4.11. The SMILES string of the molecule is CC(C)N(CC1CCCN1)C(C)c1ccc(F)cc1. The molecule has 0 saturated carbocycles. The van der Waals surface area contributed by atoms with E-state index in [1.165, 1.54) is 18.4 Å². The monoisotopic (exact) mass is 264 g/mol. The van der Waals surface area contributed by atoms with Gasteiger partial charge in [-0.2, -0.15) is 0 Å². The maximum Gasteiger partial charge on any atom is 0.123 e. The molecule has 2 nitrogen and oxygen atoms in total. The average Bonchev–Trinajstić information content (AvgIpc) is 2.88. The van der Waals surface area contributed by atoms with Gasteiger partial charge < -0.3 is 5.32 Å². The molecule has 1 aliphatic rings. The van der Waals surface area contributed by atoms with Crippen LogP contribution in [0.4, 0.5) is 4.39 Å². The van der Waals surface area contributed by atoms with E-state index in [1.807, 2.05) is 12.1 Å². The Kier molecular flexibility index (Phi) is 4.94. The van der Waals surface area contributed by atoms with E-state index < -0.39 is 0 Å². The van der Waals surface area contributed by atoms with Crippen LogP contribution < -0.4 is 5.32 Å². The van der Waals surface area contributed by atoms with Gasteiger partial charge in [-0.05, 0) is 57.9 Å².